The summed E-state index contributed by atoms with van der Waals surface area (Å²) in [5, 5.41) is 2.60. The average molecular weight is 292 g/mol. The molecule has 19 heavy (non-hydrogen) atoms. The first-order chi connectivity index (χ1) is 8.64. The van der Waals surface area contributed by atoms with Crippen LogP contribution in [-0.2, 0) is 19.1 Å². The van der Waals surface area contributed by atoms with E-state index in [9.17, 15) is 13.2 Å². The molecule has 1 amide bonds. The predicted octanol–water partition coefficient (Wildman–Crippen LogP) is 0.543. The van der Waals surface area contributed by atoms with Crippen molar-refractivity contribution in [3.8, 4) is 0 Å². The first-order valence-electron chi connectivity index (χ1n) is 6.17. The highest BCUT2D eigenvalue weighted by molar-refractivity contribution is 7.88. The van der Waals surface area contributed by atoms with Gasteiger partial charge in [0.1, 0.15) is 0 Å². The normalized spacial score (nSPS) is 12.2. The Labute approximate surface area is 115 Å². The van der Waals surface area contributed by atoms with Gasteiger partial charge in [-0.3, -0.25) is 8.98 Å². The van der Waals surface area contributed by atoms with E-state index in [2.05, 4.69) is 11.9 Å². The van der Waals surface area contributed by atoms with Crippen molar-refractivity contribution < 1.29 is 17.4 Å². The molecule has 0 rings (SSSR count). The molecule has 0 saturated heterocycles. The molecule has 0 aromatic rings. The minimum atomic E-state index is -3.65. The standard InChI is InChI=1S/C12H24N2O4S/c1-10(2)11(15)14-8-5-9-18-19(16,17)12(3,4)6-7-13/h1,5-9,13H2,2-4H3,(H,14,15). The lowest BCUT2D eigenvalue weighted by atomic mass is 10.1. The molecule has 0 aliphatic carbocycles. The van der Waals surface area contributed by atoms with Crippen LogP contribution in [0, 0.1) is 0 Å². The summed E-state index contributed by atoms with van der Waals surface area (Å²) < 4.78 is 27.7. The number of carbonyl (C=O) groups excluding carboxylic acids is 1. The number of amides is 1. The van der Waals surface area contributed by atoms with Crippen molar-refractivity contribution in [3.63, 3.8) is 0 Å². The summed E-state index contributed by atoms with van der Waals surface area (Å²) in [6, 6.07) is 0. The van der Waals surface area contributed by atoms with Crippen molar-refractivity contribution in [1.29, 1.82) is 0 Å². The first kappa shape index (κ1) is 18.1. The molecule has 112 valence electrons. The minimum absolute atomic E-state index is 0.0345. The zero-order valence-corrected chi connectivity index (χ0v) is 12.7. The van der Waals surface area contributed by atoms with E-state index in [1.165, 1.54) is 0 Å². The maximum Gasteiger partial charge on any atom is 0.272 e. The number of hydrogen-bond acceptors (Lipinski definition) is 5. The fraction of sp³-hybridized carbons (Fsp3) is 0.750. The van der Waals surface area contributed by atoms with E-state index in [0.29, 0.717) is 25.0 Å². The Balaban J connectivity index is 4.07. The highest BCUT2D eigenvalue weighted by atomic mass is 32.2. The molecule has 7 heteroatoms. The van der Waals surface area contributed by atoms with Gasteiger partial charge in [-0.2, -0.15) is 8.42 Å². The molecule has 6 nitrogen and oxygen atoms in total. The third kappa shape index (κ3) is 6.17. The van der Waals surface area contributed by atoms with Crippen molar-refractivity contribution >= 4 is 16.0 Å². The van der Waals surface area contributed by atoms with Gasteiger partial charge in [0, 0.05) is 12.1 Å². The van der Waals surface area contributed by atoms with Gasteiger partial charge >= 0.3 is 0 Å². The maximum atomic E-state index is 11.9. The Morgan fingerprint density at radius 1 is 1.42 bits per heavy atom. The van der Waals surface area contributed by atoms with E-state index in [4.69, 9.17) is 9.92 Å². The van der Waals surface area contributed by atoms with Crippen LogP contribution in [0.1, 0.15) is 33.6 Å². The summed E-state index contributed by atoms with van der Waals surface area (Å²) in [7, 11) is -3.65. The molecule has 0 heterocycles. The molecule has 0 aliphatic heterocycles. The Morgan fingerprint density at radius 2 is 2.00 bits per heavy atom. The lowest BCUT2D eigenvalue weighted by molar-refractivity contribution is -0.117. The molecule has 0 saturated carbocycles. The van der Waals surface area contributed by atoms with Gasteiger partial charge < -0.3 is 11.1 Å². The highest BCUT2D eigenvalue weighted by Gasteiger charge is 2.34. The van der Waals surface area contributed by atoms with E-state index < -0.39 is 14.9 Å². The highest BCUT2D eigenvalue weighted by Crippen LogP contribution is 2.21. The molecule has 0 radical (unpaired) electrons. The molecule has 0 aromatic carbocycles. The molecule has 0 bridgehead atoms. The quantitative estimate of drug-likeness (QED) is 0.367. The monoisotopic (exact) mass is 292 g/mol. The average Bonchev–Trinajstić information content (AvgIpc) is 2.27. The van der Waals surface area contributed by atoms with Crippen molar-refractivity contribution in [2.75, 3.05) is 19.7 Å². The Kier molecular flexibility index (Phi) is 7.25. The smallest absolute Gasteiger partial charge is 0.272 e. The lowest BCUT2D eigenvalue weighted by Crippen LogP contribution is -2.36. The van der Waals surface area contributed by atoms with Gasteiger partial charge in [0.15, 0.2) is 0 Å². The van der Waals surface area contributed by atoms with Crippen LogP contribution in [0.5, 0.6) is 0 Å². The van der Waals surface area contributed by atoms with Crippen LogP contribution in [-0.4, -0.2) is 38.8 Å². The molecule has 0 aromatic heterocycles. The van der Waals surface area contributed by atoms with Crippen LogP contribution in [0.4, 0.5) is 0 Å². The number of rotatable bonds is 9. The van der Waals surface area contributed by atoms with Crippen LogP contribution < -0.4 is 11.1 Å². The summed E-state index contributed by atoms with van der Waals surface area (Å²) >= 11 is 0. The topological polar surface area (TPSA) is 98.5 Å². The third-order valence-electron chi connectivity index (χ3n) is 2.66. The van der Waals surface area contributed by atoms with Gasteiger partial charge in [-0.25, -0.2) is 0 Å². The molecule has 0 unspecified atom stereocenters. The number of carbonyl (C=O) groups is 1. The van der Waals surface area contributed by atoms with Crippen molar-refractivity contribution in [2.24, 2.45) is 5.73 Å². The van der Waals surface area contributed by atoms with Crippen molar-refractivity contribution in [1.82, 2.24) is 5.32 Å². The summed E-state index contributed by atoms with van der Waals surface area (Å²) in [6.45, 7) is 8.92. The molecule has 0 aliphatic rings. The summed E-state index contributed by atoms with van der Waals surface area (Å²) in [5.74, 6) is -0.244. The van der Waals surface area contributed by atoms with Crippen LogP contribution in [0.2, 0.25) is 0 Å². The van der Waals surface area contributed by atoms with Crippen LogP contribution in [0.3, 0.4) is 0 Å². The number of hydrogen-bond donors (Lipinski definition) is 2. The van der Waals surface area contributed by atoms with E-state index >= 15 is 0 Å². The first-order valence-corrected chi connectivity index (χ1v) is 7.57. The number of nitrogens with two attached hydrogens (primary N) is 1. The zero-order chi connectivity index (χ0) is 15.1. The van der Waals surface area contributed by atoms with Crippen molar-refractivity contribution in [2.45, 2.75) is 38.4 Å². The second-order valence-corrected chi connectivity index (χ2v) is 7.21. The van der Waals surface area contributed by atoms with Gasteiger partial charge in [0.25, 0.3) is 10.1 Å². The largest absolute Gasteiger partial charge is 0.352 e. The molecular weight excluding hydrogens is 268 g/mol. The summed E-state index contributed by atoms with van der Waals surface area (Å²) in [6.07, 6.45) is 0.749. The SMILES string of the molecule is C=C(C)C(=O)NCCCOS(=O)(=O)C(C)(C)CCN. The molecule has 3 N–H and O–H groups in total. The Bertz CT molecular complexity index is 415. The third-order valence-corrected chi connectivity index (χ3v) is 4.69. The van der Waals surface area contributed by atoms with E-state index in [1.807, 2.05) is 0 Å². The van der Waals surface area contributed by atoms with Crippen LogP contribution in [0.25, 0.3) is 0 Å². The predicted molar refractivity (Wildman–Crippen MR) is 75.1 cm³/mol. The second kappa shape index (κ2) is 7.62. The van der Waals surface area contributed by atoms with Gasteiger partial charge in [0.2, 0.25) is 5.91 Å². The summed E-state index contributed by atoms with van der Waals surface area (Å²) in [5.41, 5.74) is 5.79. The molecule has 0 spiro atoms. The Morgan fingerprint density at radius 3 is 2.47 bits per heavy atom. The van der Waals surface area contributed by atoms with Gasteiger partial charge in [0.05, 0.1) is 11.4 Å². The minimum Gasteiger partial charge on any atom is -0.352 e. The molecule has 0 fully saturated rings. The lowest BCUT2D eigenvalue weighted by Gasteiger charge is -2.23. The van der Waals surface area contributed by atoms with E-state index in [0.717, 1.165) is 0 Å². The summed E-state index contributed by atoms with van der Waals surface area (Å²) in [4.78, 5) is 11.2. The fourth-order valence-electron chi connectivity index (χ4n) is 1.23. The molecule has 0 atom stereocenters. The number of nitrogens with one attached hydrogen (secondary N) is 1. The zero-order valence-electron chi connectivity index (χ0n) is 11.9. The second-order valence-electron chi connectivity index (χ2n) is 4.96. The van der Waals surface area contributed by atoms with E-state index in [-0.39, 0.29) is 19.1 Å². The van der Waals surface area contributed by atoms with Crippen molar-refractivity contribution in [3.05, 3.63) is 12.2 Å². The van der Waals surface area contributed by atoms with Gasteiger partial charge in [-0.1, -0.05) is 6.58 Å². The van der Waals surface area contributed by atoms with Gasteiger partial charge in [-0.05, 0) is 40.2 Å². The van der Waals surface area contributed by atoms with Crippen LogP contribution in [0.15, 0.2) is 12.2 Å². The fourth-order valence-corrected chi connectivity index (χ4v) is 2.25. The Hall–Kier alpha value is -0.920. The maximum absolute atomic E-state index is 11.9. The van der Waals surface area contributed by atoms with Gasteiger partial charge in [-0.15, -0.1) is 0 Å². The molecular formula is C12H24N2O4S. The van der Waals surface area contributed by atoms with Crippen LogP contribution >= 0.6 is 0 Å². The van der Waals surface area contributed by atoms with E-state index in [1.54, 1.807) is 20.8 Å².